The van der Waals surface area contributed by atoms with Gasteiger partial charge in [-0.3, -0.25) is 4.68 Å². The van der Waals surface area contributed by atoms with Crippen molar-refractivity contribution in [3.8, 4) is 0 Å². The second kappa shape index (κ2) is 5.87. The summed E-state index contributed by atoms with van der Waals surface area (Å²) < 4.78 is 4.36. The molecular formula is C14H22N4. The monoisotopic (exact) mass is 246 g/mol. The zero-order valence-electron chi connectivity index (χ0n) is 11.5. The van der Waals surface area contributed by atoms with Crippen molar-refractivity contribution < 1.29 is 0 Å². The van der Waals surface area contributed by atoms with Crippen molar-refractivity contribution >= 4 is 0 Å². The van der Waals surface area contributed by atoms with Crippen molar-refractivity contribution in [2.75, 3.05) is 6.54 Å². The molecule has 2 heterocycles. The summed E-state index contributed by atoms with van der Waals surface area (Å²) in [5, 5.41) is 7.86. The van der Waals surface area contributed by atoms with Gasteiger partial charge in [0.2, 0.25) is 0 Å². The Kier molecular flexibility index (Phi) is 4.20. The van der Waals surface area contributed by atoms with Gasteiger partial charge in [-0.1, -0.05) is 6.92 Å². The fraction of sp³-hybridized carbons (Fsp3) is 0.500. The molecule has 0 aliphatic rings. The standard InChI is InChI=1S/C14H22N4/c1-4-15-10-13-7-6-8-17(13)11-14-9-12(3)16-18(14)5-2/h6-9,15H,4-5,10-11H2,1-3H3. The summed E-state index contributed by atoms with van der Waals surface area (Å²) in [4.78, 5) is 0. The normalized spacial score (nSPS) is 11.1. The van der Waals surface area contributed by atoms with E-state index >= 15 is 0 Å². The highest BCUT2D eigenvalue weighted by Crippen LogP contribution is 2.10. The molecule has 0 saturated heterocycles. The Morgan fingerprint density at radius 2 is 2.11 bits per heavy atom. The minimum atomic E-state index is 0.891. The predicted molar refractivity (Wildman–Crippen MR) is 73.6 cm³/mol. The third-order valence-corrected chi connectivity index (χ3v) is 3.10. The average Bonchev–Trinajstić information content (AvgIpc) is 2.94. The number of aromatic nitrogens is 3. The van der Waals surface area contributed by atoms with Gasteiger partial charge in [-0.2, -0.15) is 5.10 Å². The Labute approximate surface area is 109 Å². The quantitative estimate of drug-likeness (QED) is 0.847. The molecule has 2 aromatic heterocycles. The second-order valence-electron chi connectivity index (χ2n) is 4.50. The van der Waals surface area contributed by atoms with E-state index in [0.29, 0.717) is 0 Å². The molecule has 0 atom stereocenters. The summed E-state index contributed by atoms with van der Waals surface area (Å²) in [6, 6.07) is 6.44. The van der Waals surface area contributed by atoms with E-state index in [2.05, 4.69) is 57.9 Å². The largest absolute Gasteiger partial charge is 0.344 e. The van der Waals surface area contributed by atoms with Crippen LogP contribution in [0.3, 0.4) is 0 Å². The van der Waals surface area contributed by atoms with E-state index in [9.17, 15) is 0 Å². The summed E-state index contributed by atoms with van der Waals surface area (Å²) in [6.45, 7) is 10.0. The van der Waals surface area contributed by atoms with Crippen LogP contribution in [0.5, 0.6) is 0 Å². The van der Waals surface area contributed by atoms with Crippen LogP contribution >= 0.6 is 0 Å². The highest BCUT2D eigenvalue weighted by atomic mass is 15.3. The van der Waals surface area contributed by atoms with Gasteiger partial charge >= 0.3 is 0 Å². The van der Waals surface area contributed by atoms with Gasteiger partial charge in [-0.15, -0.1) is 0 Å². The van der Waals surface area contributed by atoms with Gasteiger partial charge in [0.1, 0.15) is 0 Å². The summed E-state index contributed by atoms with van der Waals surface area (Å²) in [7, 11) is 0. The van der Waals surface area contributed by atoms with Crippen molar-refractivity contribution in [3.05, 3.63) is 41.5 Å². The van der Waals surface area contributed by atoms with E-state index < -0.39 is 0 Å². The molecule has 0 aliphatic carbocycles. The summed E-state index contributed by atoms with van der Waals surface area (Å²) in [6.07, 6.45) is 2.13. The molecule has 0 radical (unpaired) electrons. The van der Waals surface area contributed by atoms with Crippen LogP contribution in [0.4, 0.5) is 0 Å². The molecule has 18 heavy (non-hydrogen) atoms. The molecular weight excluding hydrogens is 224 g/mol. The predicted octanol–water partition coefficient (Wildman–Crippen LogP) is 2.17. The fourth-order valence-electron chi connectivity index (χ4n) is 2.19. The van der Waals surface area contributed by atoms with Crippen LogP contribution in [0.1, 0.15) is 30.9 Å². The van der Waals surface area contributed by atoms with E-state index in [1.807, 2.05) is 6.92 Å². The van der Waals surface area contributed by atoms with Gasteiger partial charge in [0.25, 0.3) is 0 Å². The first-order valence-electron chi connectivity index (χ1n) is 6.62. The van der Waals surface area contributed by atoms with Gasteiger partial charge in [0.15, 0.2) is 0 Å². The van der Waals surface area contributed by atoms with E-state index in [1.54, 1.807) is 0 Å². The number of nitrogens with zero attached hydrogens (tertiary/aromatic N) is 3. The zero-order chi connectivity index (χ0) is 13.0. The van der Waals surface area contributed by atoms with Gasteiger partial charge in [0, 0.05) is 25.0 Å². The third-order valence-electron chi connectivity index (χ3n) is 3.10. The van der Waals surface area contributed by atoms with E-state index in [1.165, 1.54) is 11.4 Å². The maximum atomic E-state index is 4.49. The summed E-state index contributed by atoms with van der Waals surface area (Å²) in [5.74, 6) is 0. The van der Waals surface area contributed by atoms with Crippen LogP contribution in [0, 0.1) is 6.92 Å². The first-order chi connectivity index (χ1) is 8.74. The van der Waals surface area contributed by atoms with Crippen LogP contribution in [0.2, 0.25) is 0 Å². The molecule has 98 valence electrons. The second-order valence-corrected chi connectivity index (χ2v) is 4.50. The lowest BCUT2D eigenvalue weighted by molar-refractivity contribution is 0.583. The third kappa shape index (κ3) is 2.82. The molecule has 4 heteroatoms. The molecule has 0 aromatic carbocycles. The van der Waals surface area contributed by atoms with Gasteiger partial charge in [-0.05, 0) is 38.6 Å². The summed E-state index contributed by atoms with van der Waals surface area (Å²) >= 11 is 0. The molecule has 0 unspecified atom stereocenters. The zero-order valence-corrected chi connectivity index (χ0v) is 11.5. The minimum Gasteiger partial charge on any atom is -0.344 e. The smallest absolute Gasteiger partial charge is 0.0642 e. The summed E-state index contributed by atoms with van der Waals surface area (Å²) in [5.41, 5.74) is 3.68. The highest BCUT2D eigenvalue weighted by molar-refractivity contribution is 5.14. The number of hydrogen-bond acceptors (Lipinski definition) is 2. The Morgan fingerprint density at radius 1 is 1.28 bits per heavy atom. The van der Waals surface area contributed by atoms with Gasteiger partial charge in [-0.25, -0.2) is 0 Å². The average molecular weight is 246 g/mol. The molecule has 4 nitrogen and oxygen atoms in total. The van der Waals surface area contributed by atoms with Crippen LogP contribution in [-0.2, 0) is 19.6 Å². The van der Waals surface area contributed by atoms with E-state index in [0.717, 1.165) is 31.9 Å². The fourth-order valence-corrected chi connectivity index (χ4v) is 2.19. The SMILES string of the molecule is CCNCc1cccn1Cc1cc(C)nn1CC. The lowest BCUT2D eigenvalue weighted by Gasteiger charge is -2.10. The minimum absolute atomic E-state index is 0.891. The van der Waals surface area contributed by atoms with Crippen molar-refractivity contribution in [1.29, 1.82) is 0 Å². The molecule has 0 amide bonds. The lowest BCUT2D eigenvalue weighted by Crippen LogP contribution is -2.16. The molecule has 0 fully saturated rings. The van der Waals surface area contributed by atoms with Crippen molar-refractivity contribution in [2.24, 2.45) is 0 Å². The molecule has 0 bridgehead atoms. The molecule has 1 N–H and O–H groups in total. The Hall–Kier alpha value is -1.55. The lowest BCUT2D eigenvalue weighted by atomic mass is 10.3. The van der Waals surface area contributed by atoms with Gasteiger partial charge in [0.05, 0.1) is 17.9 Å². The maximum absolute atomic E-state index is 4.49. The Bertz CT molecular complexity index is 496. The molecule has 0 aliphatic heterocycles. The van der Waals surface area contributed by atoms with Gasteiger partial charge < -0.3 is 9.88 Å². The first kappa shape index (κ1) is 12.9. The molecule has 2 rings (SSSR count). The van der Waals surface area contributed by atoms with Crippen LogP contribution < -0.4 is 5.32 Å². The topological polar surface area (TPSA) is 34.8 Å². The first-order valence-corrected chi connectivity index (χ1v) is 6.62. The van der Waals surface area contributed by atoms with Crippen molar-refractivity contribution in [2.45, 2.75) is 40.4 Å². The van der Waals surface area contributed by atoms with Crippen LogP contribution in [0.15, 0.2) is 24.4 Å². The van der Waals surface area contributed by atoms with Crippen LogP contribution in [0.25, 0.3) is 0 Å². The number of hydrogen-bond donors (Lipinski definition) is 1. The Morgan fingerprint density at radius 3 is 2.83 bits per heavy atom. The molecule has 0 saturated carbocycles. The molecule has 0 spiro atoms. The van der Waals surface area contributed by atoms with Crippen molar-refractivity contribution in [3.63, 3.8) is 0 Å². The number of aryl methyl sites for hydroxylation is 2. The van der Waals surface area contributed by atoms with Crippen molar-refractivity contribution in [1.82, 2.24) is 19.7 Å². The highest BCUT2D eigenvalue weighted by Gasteiger charge is 2.07. The number of rotatable bonds is 6. The number of nitrogens with one attached hydrogen (secondary N) is 1. The Balaban J connectivity index is 2.15. The van der Waals surface area contributed by atoms with Crippen LogP contribution in [-0.4, -0.2) is 20.9 Å². The molecule has 2 aromatic rings. The van der Waals surface area contributed by atoms with E-state index in [-0.39, 0.29) is 0 Å². The maximum Gasteiger partial charge on any atom is 0.0642 e. The van der Waals surface area contributed by atoms with E-state index in [4.69, 9.17) is 0 Å².